The first kappa shape index (κ1) is 14.3. The third-order valence-corrected chi connectivity index (χ3v) is 4.78. The molecule has 0 saturated carbocycles. The van der Waals surface area contributed by atoms with Crippen molar-refractivity contribution in [3.05, 3.63) is 33.5 Å². The SMILES string of the molecule is Cc1ccc(C(=O)NCCc2nnc3n2CCCCC3)s1. The topological polar surface area (TPSA) is 59.8 Å². The Morgan fingerprint density at radius 3 is 3.05 bits per heavy atom. The van der Waals surface area contributed by atoms with E-state index in [9.17, 15) is 4.79 Å². The number of hydrogen-bond donors (Lipinski definition) is 1. The first-order valence-electron chi connectivity index (χ1n) is 7.49. The smallest absolute Gasteiger partial charge is 0.261 e. The molecule has 0 aliphatic carbocycles. The van der Waals surface area contributed by atoms with E-state index in [1.54, 1.807) is 0 Å². The van der Waals surface area contributed by atoms with E-state index in [-0.39, 0.29) is 5.91 Å². The van der Waals surface area contributed by atoms with Crippen LogP contribution in [0.15, 0.2) is 12.1 Å². The first-order chi connectivity index (χ1) is 10.2. The van der Waals surface area contributed by atoms with Crippen LogP contribution in [0.4, 0.5) is 0 Å². The van der Waals surface area contributed by atoms with Crippen molar-refractivity contribution in [2.45, 2.75) is 45.6 Å². The van der Waals surface area contributed by atoms with Gasteiger partial charge in [0.1, 0.15) is 11.6 Å². The molecule has 21 heavy (non-hydrogen) atoms. The maximum Gasteiger partial charge on any atom is 0.261 e. The number of nitrogens with one attached hydrogen (secondary N) is 1. The van der Waals surface area contributed by atoms with Crippen molar-refractivity contribution in [2.24, 2.45) is 0 Å². The predicted octanol–water partition coefficient (Wildman–Crippen LogP) is 2.35. The summed E-state index contributed by atoms with van der Waals surface area (Å²) in [6.07, 6.45) is 5.42. The van der Waals surface area contributed by atoms with E-state index in [0.29, 0.717) is 6.54 Å². The summed E-state index contributed by atoms with van der Waals surface area (Å²) in [7, 11) is 0. The molecule has 3 heterocycles. The first-order valence-corrected chi connectivity index (χ1v) is 8.31. The van der Waals surface area contributed by atoms with Crippen molar-refractivity contribution in [3.63, 3.8) is 0 Å². The van der Waals surface area contributed by atoms with Crippen molar-refractivity contribution >= 4 is 17.2 Å². The van der Waals surface area contributed by atoms with Crippen LogP contribution in [0.3, 0.4) is 0 Å². The van der Waals surface area contributed by atoms with Gasteiger partial charge in [-0.2, -0.15) is 0 Å². The van der Waals surface area contributed by atoms with E-state index >= 15 is 0 Å². The van der Waals surface area contributed by atoms with E-state index in [0.717, 1.165) is 40.8 Å². The van der Waals surface area contributed by atoms with Crippen LogP contribution in [0.5, 0.6) is 0 Å². The Balaban J connectivity index is 1.56. The normalized spacial score (nSPS) is 14.5. The van der Waals surface area contributed by atoms with E-state index in [1.807, 2.05) is 19.1 Å². The van der Waals surface area contributed by atoms with Crippen molar-refractivity contribution in [1.29, 1.82) is 0 Å². The number of aromatic nitrogens is 3. The lowest BCUT2D eigenvalue weighted by Gasteiger charge is -2.07. The molecule has 1 amide bonds. The zero-order valence-electron chi connectivity index (χ0n) is 12.3. The van der Waals surface area contributed by atoms with Gasteiger partial charge in [0.15, 0.2) is 0 Å². The third-order valence-electron chi connectivity index (χ3n) is 3.78. The number of thiophene rings is 1. The molecule has 0 saturated heterocycles. The van der Waals surface area contributed by atoms with E-state index in [1.165, 1.54) is 30.6 Å². The highest BCUT2D eigenvalue weighted by Crippen LogP contribution is 2.16. The fourth-order valence-corrected chi connectivity index (χ4v) is 3.45. The molecule has 1 aliphatic rings. The summed E-state index contributed by atoms with van der Waals surface area (Å²) in [6, 6.07) is 3.84. The van der Waals surface area contributed by atoms with Gasteiger partial charge in [0, 0.05) is 30.8 Å². The molecule has 0 atom stereocenters. The Morgan fingerprint density at radius 1 is 1.33 bits per heavy atom. The number of hydrogen-bond acceptors (Lipinski definition) is 4. The van der Waals surface area contributed by atoms with Crippen molar-refractivity contribution in [2.75, 3.05) is 6.54 Å². The monoisotopic (exact) mass is 304 g/mol. The average Bonchev–Trinajstić information content (AvgIpc) is 2.99. The molecule has 3 rings (SSSR count). The molecular formula is C15H20N4OS. The highest BCUT2D eigenvalue weighted by atomic mass is 32.1. The zero-order chi connectivity index (χ0) is 14.7. The van der Waals surface area contributed by atoms with Crippen LogP contribution in [-0.2, 0) is 19.4 Å². The summed E-state index contributed by atoms with van der Waals surface area (Å²) >= 11 is 1.52. The minimum absolute atomic E-state index is 0.00343. The lowest BCUT2D eigenvalue weighted by Crippen LogP contribution is -2.25. The summed E-state index contributed by atoms with van der Waals surface area (Å²) < 4.78 is 2.23. The van der Waals surface area contributed by atoms with Crippen LogP contribution in [0.2, 0.25) is 0 Å². The summed E-state index contributed by atoms with van der Waals surface area (Å²) in [5.41, 5.74) is 0. The number of carbonyl (C=O) groups is 1. The van der Waals surface area contributed by atoms with Gasteiger partial charge in [-0.15, -0.1) is 21.5 Å². The number of amides is 1. The van der Waals surface area contributed by atoms with Gasteiger partial charge in [0.05, 0.1) is 4.88 Å². The van der Waals surface area contributed by atoms with Crippen molar-refractivity contribution in [1.82, 2.24) is 20.1 Å². The highest BCUT2D eigenvalue weighted by molar-refractivity contribution is 7.13. The Morgan fingerprint density at radius 2 is 2.24 bits per heavy atom. The van der Waals surface area contributed by atoms with Gasteiger partial charge < -0.3 is 9.88 Å². The molecule has 0 fully saturated rings. The molecule has 112 valence electrons. The molecular weight excluding hydrogens is 284 g/mol. The number of aryl methyl sites for hydroxylation is 2. The Labute approximate surface area is 128 Å². The predicted molar refractivity (Wildman–Crippen MR) is 82.7 cm³/mol. The van der Waals surface area contributed by atoms with Gasteiger partial charge in [-0.1, -0.05) is 6.42 Å². The standard InChI is InChI=1S/C15H20N4OS/c1-11-6-7-12(21-11)15(20)16-9-8-14-18-17-13-5-3-2-4-10-19(13)14/h6-7H,2-5,8-10H2,1H3,(H,16,20). The average molecular weight is 304 g/mol. The fourth-order valence-electron chi connectivity index (χ4n) is 2.66. The van der Waals surface area contributed by atoms with Gasteiger partial charge in [-0.05, 0) is 31.9 Å². The van der Waals surface area contributed by atoms with Gasteiger partial charge in [0.25, 0.3) is 5.91 Å². The molecule has 6 heteroatoms. The van der Waals surface area contributed by atoms with E-state index < -0.39 is 0 Å². The second kappa shape index (κ2) is 6.39. The number of rotatable bonds is 4. The van der Waals surface area contributed by atoms with E-state index in [4.69, 9.17) is 0 Å². The molecule has 0 aromatic carbocycles. The van der Waals surface area contributed by atoms with Crippen LogP contribution in [0.1, 0.15) is 45.5 Å². The second-order valence-corrected chi connectivity index (χ2v) is 6.70. The lowest BCUT2D eigenvalue weighted by molar-refractivity contribution is 0.0958. The van der Waals surface area contributed by atoms with E-state index in [2.05, 4.69) is 20.1 Å². The minimum Gasteiger partial charge on any atom is -0.351 e. The maximum atomic E-state index is 12.0. The molecule has 1 N–H and O–H groups in total. The van der Waals surface area contributed by atoms with Crippen LogP contribution in [-0.4, -0.2) is 27.2 Å². The number of nitrogens with zero attached hydrogens (tertiary/aromatic N) is 3. The highest BCUT2D eigenvalue weighted by Gasteiger charge is 2.14. The van der Waals surface area contributed by atoms with Gasteiger partial charge in [-0.25, -0.2) is 0 Å². The molecule has 1 aliphatic heterocycles. The Hall–Kier alpha value is -1.69. The summed E-state index contributed by atoms with van der Waals surface area (Å²) in [6.45, 7) is 3.62. The summed E-state index contributed by atoms with van der Waals surface area (Å²) in [5, 5.41) is 11.5. The summed E-state index contributed by atoms with van der Waals surface area (Å²) in [4.78, 5) is 13.9. The van der Waals surface area contributed by atoms with Crippen LogP contribution in [0, 0.1) is 6.92 Å². The van der Waals surface area contributed by atoms with Crippen molar-refractivity contribution in [3.8, 4) is 0 Å². The second-order valence-electron chi connectivity index (χ2n) is 5.41. The lowest BCUT2D eigenvalue weighted by atomic mass is 10.2. The third kappa shape index (κ3) is 3.32. The molecule has 0 spiro atoms. The molecule has 5 nitrogen and oxygen atoms in total. The molecule has 0 unspecified atom stereocenters. The van der Waals surface area contributed by atoms with Crippen LogP contribution < -0.4 is 5.32 Å². The minimum atomic E-state index is 0.00343. The number of carbonyl (C=O) groups excluding carboxylic acids is 1. The Bertz CT molecular complexity index is 631. The molecule has 2 aromatic heterocycles. The van der Waals surface area contributed by atoms with Gasteiger partial charge >= 0.3 is 0 Å². The van der Waals surface area contributed by atoms with Crippen LogP contribution in [0.25, 0.3) is 0 Å². The molecule has 2 aromatic rings. The summed E-state index contributed by atoms with van der Waals surface area (Å²) in [5.74, 6) is 2.10. The zero-order valence-corrected chi connectivity index (χ0v) is 13.1. The van der Waals surface area contributed by atoms with Gasteiger partial charge in [-0.3, -0.25) is 4.79 Å². The number of fused-ring (bicyclic) bond motifs is 1. The maximum absolute atomic E-state index is 12.0. The Kier molecular flexibility index (Phi) is 4.34. The quantitative estimate of drug-likeness (QED) is 0.943. The molecule has 0 bridgehead atoms. The fraction of sp³-hybridized carbons (Fsp3) is 0.533. The van der Waals surface area contributed by atoms with Crippen molar-refractivity contribution < 1.29 is 4.79 Å². The molecule has 0 radical (unpaired) electrons. The van der Waals surface area contributed by atoms with Crippen LogP contribution >= 0.6 is 11.3 Å². The largest absolute Gasteiger partial charge is 0.351 e. The van der Waals surface area contributed by atoms with Gasteiger partial charge in [0.2, 0.25) is 0 Å².